The van der Waals surface area contributed by atoms with Gasteiger partial charge in [0.15, 0.2) is 11.6 Å². The maximum absolute atomic E-state index is 13.4. The molecule has 0 fully saturated rings. The first-order valence-electron chi connectivity index (χ1n) is 7.79. The molecule has 124 valence electrons. The number of amides is 2. The van der Waals surface area contributed by atoms with Gasteiger partial charge in [0.25, 0.3) is 0 Å². The summed E-state index contributed by atoms with van der Waals surface area (Å²) in [6, 6.07) is 6.26. The predicted octanol–water partition coefficient (Wildman–Crippen LogP) is 3.67. The molecule has 1 N–H and O–H groups in total. The molecule has 2 amide bonds. The number of halogens is 1. The highest BCUT2D eigenvalue weighted by molar-refractivity contribution is 5.74. The number of carbonyl (C=O) groups is 1. The molecule has 5 heteroatoms. The van der Waals surface area contributed by atoms with E-state index in [-0.39, 0.29) is 24.4 Å². The number of nitrogens with zero attached hydrogens (tertiary/aromatic N) is 1. The third-order valence-electron chi connectivity index (χ3n) is 3.41. The largest absolute Gasteiger partial charge is 0.489 e. The van der Waals surface area contributed by atoms with Gasteiger partial charge < -0.3 is 15.0 Å². The van der Waals surface area contributed by atoms with Crippen molar-refractivity contribution >= 4 is 6.03 Å². The van der Waals surface area contributed by atoms with E-state index in [4.69, 9.17) is 4.74 Å². The van der Waals surface area contributed by atoms with Gasteiger partial charge in [-0.3, -0.25) is 0 Å². The van der Waals surface area contributed by atoms with E-state index in [2.05, 4.69) is 19.2 Å². The van der Waals surface area contributed by atoms with Crippen molar-refractivity contribution in [2.75, 3.05) is 20.2 Å². The fourth-order valence-electron chi connectivity index (χ4n) is 1.93. The quantitative estimate of drug-likeness (QED) is 0.796. The summed E-state index contributed by atoms with van der Waals surface area (Å²) in [7, 11) is 1.70. The van der Waals surface area contributed by atoms with Gasteiger partial charge in [-0.25, -0.2) is 9.18 Å². The van der Waals surface area contributed by atoms with Crippen molar-refractivity contribution in [3.8, 4) is 5.75 Å². The second kappa shape index (κ2) is 9.28. The fraction of sp³-hybridized carbons (Fsp3) is 0.588. The molecule has 1 unspecified atom stereocenters. The Hall–Kier alpha value is -1.78. The molecule has 1 aromatic rings. The predicted molar refractivity (Wildman–Crippen MR) is 86.6 cm³/mol. The summed E-state index contributed by atoms with van der Waals surface area (Å²) in [5.41, 5.74) is 0. The lowest BCUT2D eigenvalue weighted by Gasteiger charge is -2.22. The van der Waals surface area contributed by atoms with Gasteiger partial charge >= 0.3 is 6.03 Å². The highest BCUT2D eigenvalue weighted by atomic mass is 19.1. The number of likely N-dealkylation sites (N-methyl/N-ethyl adjacent to an activating group) is 1. The lowest BCUT2D eigenvalue weighted by molar-refractivity contribution is 0.190. The normalized spacial score (nSPS) is 12.1. The van der Waals surface area contributed by atoms with Crippen LogP contribution in [0.2, 0.25) is 0 Å². The number of nitrogens with one attached hydrogen (secondary N) is 1. The number of ether oxygens (including phenoxy) is 1. The SMILES string of the molecule is CC(C)CCC(C)NC(=O)N(C)CCOc1ccccc1F. The molecular weight excluding hydrogens is 283 g/mol. The molecule has 0 aliphatic rings. The summed E-state index contributed by atoms with van der Waals surface area (Å²) in [4.78, 5) is 13.5. The van der Waals surface area contributed by atoms with Crippen molar-refractivity contribution in [2.45, 2.75) is 39.7 Å². The van der Waals surface area contributed by atoms with E-state index in [1.165, 1.54) is 6.07 Å². The van der Waals surface area contributed by atoms with Crippen molar-refractivity contribution in [2.24, 2.45) is 5.92 Å². The van der Waals surface area contributed by atoms with Gasteiger partial charge in [-0.15, -0.1) is 0 Å². The molecule has 0 aliphatic heterocycles. The Kier molecular flexibility index (Phi) is 7.71. The molecule has 1 rings (SSSR count). The van der Waals surface area contributed by atoms with Gasteiger partial charge in [0.1, 0.15) is 6.61 Å². The van der Waals surface area contributed by atoms with E-state index in [1.807, 2.05) is 6.92 Å². The number of benzene rings is 1. The van der Waals surface area contributed by atoms with Crippen LogP contribution in [0.25, 0.3) is 0 Å². The van der Waals surface area contributed by atoms with Crippen LogP contribution in [0.3, 0.4) is 0 Å². The second-order valence-electron chi connectivity index (χ2n) is 6.02. The third-order valence-corrected chi connectivity index (χ3v) is 3.41. The van der Waals surface area contributed by atoms with Crippen LogP contribution in [0.5, 0.6) is 5.75 Å². The van der Waals surface area contributed by atoms with Crippen LogP contribution in [0.1, 0.15) is 33.6 Å². The maximum Gasteiger partial charge on any atom is 0.317 e. The minimum absolute atomic E-state index is 0.131. The van der Waals surface area contributed by atoms with Crippen molar-refractivity contribution in [3.63, 3.8) is 0 Å². The average molecular weight is 310 g/mol. The Bertz CT molecular complexity index is 466. The first-order valence-corrected chi connectivity index (χ1v) is 7.79. The minimum Gasteiger partial charge on any atom is -0.489 e. The second-order valence-corrected chi connectivity index (χ2v) is 6.02. The molecule has 0 radical (unpaired) electrons. The van der Waals surface area contributed by atoms with Gasteiger partial charge in [-0.1, -0.05) is 26.0 Å². The Morgan fingerprint density at radius 2 is 1.95 bits per heavy atom. The van der Waals surface area contributed by atoms with Crippen molar-refractivity contribution in [3.05, 3.63) is 30.1 Å². The Morgan fingerprint density at radius 1 is 1.27 bits per heavy atom. The summed E-state index contributed by atoms with van der Waals surface area (Å²) in [6.45, 7) is 6.99. The molecule has 1 aromatic carbocycles. The van der Waals surface area contributed by atoms with Gasteiger partial charge in [0, 0.05) is 13.1 Å². The van der Waals surface area contributed by atoms with Crippen LogP contribution in [0.4, 0.5) is 9.18 Å². The van der Waals surface area contributed by atoms with E-state index >= 15 is 0 Å². The molecule has 4 nitrogen and oxygen atoms in total. The highest BCUT2D eigenvalue weighted by Crippen LogP contribution is 2.15. The maximum atomic E-state index is 13.4. The van der Waals surface area contributed by atoms with Crippen LogP contribution in [0, 0.1) is 11.7 Å². The van der Waals surface area contributed by atoms with Gasteiger partial charge in [-0.05, 0) is 37.8 Å². The average Bonchev–Trinajstić information content (AvgIpc) is 2.47. The Balaban J connectivity index is 2.28. The smallest absolute Gasteiger partial charge is 0.317 e. The summed E-state index contributed by atoms with van der Waals surface area (Å²) in [6.07, 6.45) is 2.05. The molecule has 1 atom stereocenters. The van der Waals surface area contributed by atoms with E-state index in [9.17, 15) is 9.18 Å². The lowest BCUT2D eigenvalue weighted by Crippen LogP contribution is -2.43. The molecule has 0 aromatic heterocycles. The van der Waals surface area contributed by atoms with Crippen molar-refractivity contribution in [1.82, 2.24) is 10.2 Å². The van der Waals surface area contributed by atoms with Crippen LogP contribution in [-0.4, -0.2) is 37.2 Å². The van der Waals surface area contributed by atoms with E-state index in [0.717, 1.165) is 12.8 Å². The molecular formula is C17H27FN2O2. The van der Waals surface area contributed by atoms with Gasteiger partial charge in [-0.2, -0.15) is 0 Å². The van der Waals surface area contributed by atoms with Crippen LogP contribution in [-0.2, 0) is 0 Å². The van der Waals surface area contributed by atoms with Crippen LogP contribution in [0.15, 0.2) is 24.3 Å². The summed E-state index contributed by atoms with van der Waals surface area (Å²) in [5.74, 6) is 0.449. The summed E-state index contributed by atoms with van der Waals surface area (Å²) < 4.78 is 18.7. The molecule has 0 spiro atoms. The molecule has 0 aliphatic carbocycles. The molecule has 0 saturated carbocycles. The Labute approximate surface area is 132 Å². The Morgan fingerprint density at radius 3 is 2.59 bits per heavy atom. The summed E-state index contributed by atoms with van der Waals surface area (Å²) >= 11 is 0. The monoisotopic (exact) mass is 310 g/mol. The lowest BCUT2D eigenvalue weighted by atomic mass is 10.0. The first-order chi connectivity index (χ1) is 10.4. The van der Waals surface area contributed by atoms with E-state index in [1.54, 1.807) is 30.1 Å². The summed E-state index contributed by atoms with van der Waals surface area (Å²) in [5, 5.41) is 2.95. The third kappa shape index (κ3) is 6.78. The van der Waals surface area contributed by atoms with Crippen LogP contribution < -0.4 is 10.1 Å². The molecule has 0 heterocycles. The number of hydrogen-bond donors (Lipinski definition) is 1. The number of hydrogen-bond acceptors (Lipinski definition) is 2. The topological polar surface area (TPSA) is 41.6 Å². The zero-order valence-corrected chi connectivity index (χ0v) is 13.9. The number of para-hydroxylation sites is 1. The highest BCUT2D eigenvalue weighted by Gasteiger charge is 2.12. The van der Waals surface area contributed by atoms with Gasteiger partial charge in [0.05, 0.1) is 6.54 Å². The van der Waals surface area contributed by atoms with Crippen molar-refractivity contribution in [1.29, 1.82) is 0 Å². The number of carbonyl (C=O) groups excluding carboxylic acids is 1. The zero-order chi connectivity index (χ0) is 16.5. The van der Waals surface area contributed by atoms with E-state index < -0.39 is 5.82 Å². The minimum atomic E-state index is -0.392. The van der Waals surface area contributed by atoms with Crippen LogP contribution >= 0.6 is 0 Å². The standard InChI is InChI=1S/C17H27FN2O2/c1-13(2)9-10-14(3)19-17(21)20(4)11-12-22-16-8-6-5-7-15(16)18/h5-8,13-14H,9-12H2,1-4H3,(H,19,21). The molecule has 0 saturated heterocycles. The first kappa shape index (κ1) is 18.3. The number of rotatable bonds is 8. The number of urea groups is 1. The van der Waals surface area contributed by atoms with Crippen molar-refractivity contribution < 1.29 is 13.9 Å². The molecule has 0 bridgehead atoms. The zero-order valence-electron chi connectivity index (χ0n) is 13.9. The van der Waals surface area contributed by atoms with E-state index in [0.29, 0.717) is 12.5 Å². The fourth-order valence-corrected chi connectivity index (χ4v) is 1.93. The molecule has 22 heavy (non-hydrogen) atoms. The van der Waals surface area contributed by atoms with Gasteiger partial charge in [0.2, 0.25) is 0 Å².